The third-order valence-electron chi connectivity index (χ3n) is 9.06. The Balaban J connectivity index is 1.47. The summed E-state index contributed by atoms with van der Waals surface area (Å²) in [6.45, 7) is 14.1. The Morgan fingerprint density at radius 1 is 0.815 bits per heavy atom. The standard InChI is InChI=1S/C42H53N5O6S/c1-8-9-10-11-12-23-53-31-19-17-28(18-20-31)30-25-43-37(44-26-30)29-15-13-27(14-16-29)24-32(45-39(50)33-21-22-34(54-33)41(2,3)4)38(49)46-35(40(51)47-52)36(48)42(5,6)7/h13-22,25-26,32,35-36,48H,8-12,23-24H2,1-7H3,(H,45,50)(H,46,49)/t32-,35?,36?/m0/s1. The summed E-state index contributed by atoms with van der Waals surface area (Å²) in [7, 11) is 0. The van der Waals surface area contributed by atoms with Crippen LogP contribution in [0.5, 0.6) is 5.75 Å². The van der Waals surface area contributed by atoms with Crippen molar-refractivity contribution < 1.29 is 24.2 Å². The van der Waals surface area contributed by atoms with Crippen LogP contribution in [0.4, 0.5) is 0 Å². The number of amides is 3. The number of nitrogens with zero attached hydrogens (tertiary/aromatic N) is 3. The molecule has 11 nitrogen and oxygen atoms in total. The van der Waals surface area contributed by atoms with E-state index >= 15 is 0 Å². The second kappa shape index (κ2) is 19.0. The van der Waals surface area contributed by atoms with Gasteiger partial charge in [-0.25, -0.2) is 9.97 Å². The van der Waals surface area contributed by atoms with Crippen LogP contribution in [0, 0.1) is 10.3 Å². The Bertz CT molecular complexity index is 1840. The fraction of sp³-hybridized carbons (Fsp3) is 0.452. The highest BCUT2D eigenvalue weighted by Crippen LogP contribution is 2.30. The predicted octanol–water partition coefficient (Wildman–Crippen LogP) is 8.04. The first-order valence-electron chi connectivity index (χ1n) is 18.5. The van der Waals surface area contributed by atoms with Crippen LogP contribution in [-0.2, 0) is 21.4 Å². The highest BCUT2D eigenvalue weighted by atomic mass is 32.1. The monoisotopic (exact) mass is 755 g/mol. The smallest absolute Gasteiger partial charge is 0.311 e. The summed E-state index contributed by atoms with van der Waals surface area (Å²) >= 11 is 1.33. The van der Waals surface area contributed by atoms with E-state index in [9.17, 15) is 24.4 Å². The van der Waals surface area contributed by atoms with Gasteiger partial charge in [0, 0.05) is 40.0 Å². The van der Waals surface area contributed by atoms with Gasteiger partial charge in [-0.3, -0.25) is 14.4 Å². The summed E-state index contributed by atoms with van der Waals surface area (Å²) < 4.78 is 5.89. The largest absolute Gasteiger partial charge is 0.494 e. The summed E-state index contributed by atoms with van der Waals surface area (Å²) in [4.78, 5) is 61.5. The van der Waals surface area contributed by atoms with Crippen LogP contribution in [0.25, 0.3) is 22.5 Å². The van der Waals surface area contributed by atoms with Crippen molar-refractivity contribution in [1.29, 1.82) is 0 Å². The number of rotatable bonds is 17. The number of aromatic nitrogens is 2. The maximum atomic E-state index is 13.7. The molecule has 54 heavy (non-hydrogen) atoms. The van der Waals surface area contributed by atoms with Gasteiger partial charge >= 0.3 is 5.91 Å². The number of ether oxygens (including phenoxy) is 1. The lowest BCUT2D eigenvalue weighted by molar-refractivity contribution is -0.133. The highest BCUT2D eigenvalue weighted by molar-refractivity contribution is 7.14. The second-order valence-electron chi connectivity index (χ2n) is 15.7. The quantitative estimate of drug-likeness (QED) is 0.0721. The molecule has 288 valence electrons. The van der Waals surface area contributed by atoms with Crippen molar-refractivity contribution in [1.82, 2.24) is 20.6 Å². The van der Waals surface area contributed by atoms with E-state index in [1.54, 1.807) is 39.2 Å². The zero-order chi connectivity index (χ0) is 39.5. The molecule has 2 unspecified atom stereocenters. The van der Waals surface area contributed by atoms with Gasteiger partial charge in [0.05, 0.1) is 17.6 Å². The highest BCUT2D eigenvalue weighted by Gasteiger charge is 2.38. The zero-order valence-electron chi connectivity index (χ0n) is 32.3. The van der Waals surface area contributed by atoms with Crippen molar-refractivity contribution in [3.8, 4) is 28.3 Å². The molecule has 0 aliphatic rings. The molecule has 0 saturated heterocycles. The average Bonchev–Trinajstić information content (AvgIpc) is 3.67. The summed E-state index contributed by atoms with van der Waals surface area (Å²) in [5, 5.41) is 18.6. The minimum absolute atomic E-state index is 0.0504. The van der Waals surface area contributed by atoms with Crippen molar-refractivity contribution in [2.24, 2.45) is 10.6 Å². The minimum atomic E-state index is -1.59. The third kappa shape index (κ3) is 11.8. The first-order chi connectivity index (χ1) is 25.6. The van der Waals surface area contributed by atoms with Gasteiger partial charge in [0.1, 0.15) is 17.8 Å². The van der Waals surface area contributed by atoms with Crippen molar-refractivity contribution in [2.45, 2.75) is 111 Å². The predicted molar refractivity (Wildman–Crippen MR) is 213 cm³/mol. The molecule has 0 spiro atoms. The molecule has 0 aliphatic carbocycles. The van der Waals surface area contributed by atoms with E-state index in [0.29, 0.717) is 22.9 Å². The molecule has 12 heteroatoms. The van der Waals surface area contributed by atoms with Crippen LogP contribution in [0.1, 0.15) is 101 Å². The number of aliphatic hydroxyl groups excluding tert-OH is 1. The molecule has 2 heterocycles. The van der Waals surface area contributed by atoms with Gasteiger partial charge in [0.2, 0.25) is 5.91 Å². The SMILES string of the molecule is CCCCCCCOc1ccc(-c2cnc(-c3ccc(C[C@H](NC(=O)c4ccc(C(C)(C)C)s4)C(=O)NC(C(=O)N=O)C(O)C(C)(C)C)cc3)nc2)cc1. The number of thiophene rings is 1. The topological polar surface area (TPSA) is 160 Å². The Morgan fingerprint density at radius 2 is 1.44 bits per heavy atom. The molecule has 0 saturated carbocycles. The molecule has 0 fully saturated rings. The summed E-state index contributed by atoms with van der Waals surface area (Å²) in [5.74, 6) is -1.07. The van der Waals surface area contributed by atoms with Crippen molar-refractivity contribution >= 4 is 29.1 Å². The molecule has 2 aromatic heterocycles. The van der Waals surface area contributed by atoms with E-state index < -0.39 is 41.3 Å². The van der Waals surface area contributed by atoms with Crippen molar-refractivity contribution in [3.05, 3.63) is 93.3 Å². The van der Waals surface area contributed by atoms with Gasteiger partial charge in [-0.2, -0.15) is 0 Å². The van der Waals surface area contributed by atoms with Crippen LogP contribution in [0.2, 0.25) is 0 Å². The molecule has 0 radical (unpaired) electrons. The number of unbranched alkanes of at least 4 members (excludes halogenated alkanes) is 4. The van der Waals surface area contributed by atoms with Gasteiger partial charge < -0.3 is 20.5 Å². The van der Waals surface area contributed by atoms with Crippen LogP contribution < -0.4 is 15.4 Å². The molecule has 0 aliphatic heterocycles. The molecule has 3 amide bonds. The number of carbonyl (C=O) groups excluding carboxylic acids is 3. The molecular formula is C42H53N5O6S. The number of nitroso groups, excluding NO2 is 1. The summed E-state index contributed by atoms with van der Waals surface area (Å²) in [5.41, 5.74) is 2.26. The van der Waals surface area contributed by atoms with Gasteiger partial charge in [-0.1, -0.05) is 111 Å². The normalized spacial score (nSPS) is 13.4. The number of hydrogen-bond donors (Lipinski definition) is 3. The van der Waals surface area contributed by atoms with E-state index in [1.165, 1.54) is 37.0 Å². The summed E-state index contributed by atoms with van der Waals surface area (Å²) in [6, 6.07) is 16.0. The lowest BCUT2D eigenvalue weighted by Crippen LogP contribution is -2.57. The van der Waals surface area contributed by atoms with E-state index in [-0.39, 0.29) is 11.8 Å². The zero-order valence-corrected chi connectivity index (χ0v) is 33.2. The van der Waals surface area contributed by atoms with Crippen molar-refractivity contribution in [3.63, 3.8) is 0 Å². The Hall–Kier alpha value is -4.81. The fourth-order valence-corrected chi connectivity index (χ4v) is 6.65. The van der Waals surface area contributed by atoms with E-state index in [0.717, 1.165) is 33.7 Å². The Kier molecular flexibility index (Phi) is 14.7. The van der Waals surface area contributed by atoms with Crippen LogP contribution in [0.3, 0.4) is 0 Å². The fourth-order valence-electron chi connectivity index (χ4n) is 5.68. The lowest BCUT2D eigenvalue weighted by atomic mass is 9.84. The maximum absolute atomic E-state index is 13.7. The number of benzene rings is 2. The first-order valence-corrected chi connectivity index (χ1v) is 19.3. The van der Waals surface area contributed by atoms with Gasteiger partial charge in [-0.15, -0.1) is 16.2 Å². The van der Waals surface area contributed by atoms with E-state index in [2.05, 4.69) is 32.7 Å². The molecule has 4 rings (SSSR count). The maximum Gasteiger partial charge on any atom is 0.311 e. The Morgan fingerprint density at radius 3 is 2.02 bits per heavy atom. The minimum Gasteiger partial charge on any atom is -0.494 e. The lowest BCUT2D eigenvalue weighted by Gasteiger charge is -2.32. The van der Waals surface area contributed by atoms with E-state index in [1.807, 2.05) is 75.4 Å². The molecule has 0 bridgehead atoms. The number of aliphatic hydroxyl groups is 1. The number of nitrogens with one attached hydrogen (secondary N) is 2. The van der Waals surface area contributed by atoms with Gasteiger partial charge in [-0.05, 0) is 52.6 Å². The van der Waals surface area contributed by atoms with Crippen LogP contribution in [-0.4, -0.2) is 57.6 Å². The number of hydrogen-bond acceptors (Lipinski definition) is 9. The molecular weight excluding hydrogens is 703 g/mol. The van der Waals surface area contributed by atoms with Gasteiger partial charge in [0.25, 0.3) is 5.91 Å². The van der Waals surface area contributed by atoms with Crippen LogP contribution in [0.15, 0.2) is 78.2 Å². The van der Waals surface area contributed by atoms with Crippen LogP contribution >= 0.6 is 11.3 Å². The average molecular weight is 756 g/mol. The van der Waals surface area contributed by atoms with E-state index in [4.69, 9.17) is 4.74 Å². The molecule has 3 N–H and O–H groups in total. The van der Waals surface area contributed by atoms with Gasteiger partial charge in [0.15, 0.2) is 5.82 Å². The molecule has 2 aromatic carbocycles. The van der Waals surface area contributed by atoms with Crippen molar-refractivity contribution in [2.75, 3.05) is 6.61 Å². The summed E-state index contributed by atoms with van der Waals surface area (Å²) in [6.07, 6.45) is 8.12. The molecule has 4 aromatic rings. The molecule has 3 atom stereocenters. The number of carbonyl (C=O) groups is 3. The Labute approximate surface area is 322 Å². The third-order valence-corrected chi connectivity index (χ3v) is 10.6. The second-order valence-corrected chi connectivity index (χ2v) is 16.7. The first kappa shape index (κ1) is 41.9.